The molecule has 1 fully saturated rings. The highest BCUT2D eigenvalue weighted by molar-refractivity contribution is 7.92. The Balaban J connectivity index is 1.41. The van der Waals surface area contributed by atoms with Crippen molar-refractivity contribution in [2.45, 2.75) is 29.4 Å². The van der Waals surface area contributed by atoms with Gasteiger partial charge in [-0.1, -0.05) is 12.1 Å². The van der Waals surface area contributed by atoms with Crippen molar-refractivity contribution in [3.8, 4) is 5.75 Å². The highest BCUT2D eigenvalue weighted by Crippen LogP contribution is 2.30. The van der Waals surface area contributed by atoms with Crippen LogP contribution in [0.15, 0.2) is 52.7 Å². The van der Waals surface area contributed by atoms with Gasteiger partial charge in [0.05, 0.1) is 18.1 Å². The molecule has 1 aliphatic heterocycles. The fourth-order valence-electron chi connectivity index (χ4n) is 3.76. The topological polar surface area (TPSA) is 59.5 Å². The van der Waals surface area contributed by atoms with Crippen LogP contribution in [-0.4, -0.2) is 38.9 Å². The maximum atomic E-state index is 14.0. The zero-order valence-electron chi connectivity index (χ0n) is 16.9. The van der Waals surface area contributed by atoms with Crippen LogP contribution >= 0.6 is 11.3 Å². The van der Waals surface area contributed by atoms with Gasteiger partial charge in [-0.3, -0.25) is 0 Å². The Labute approximate surface area is 184 Å². The Morgan fingerprint density at radius 2 is 1.94 bits per heavy atom. The fourth-order valence-corrected chi connectivity index (χ4v) is 6.42. The third kappa shape index (κ3) is 4.72. The van der Waals surface area contributed by atoms with Gasteiger partial charge in [0.25, 0.3) is 0 Å². The van der Waals surface area contributed by atoms with Gasteiger partial charge in [-0.15, -0.1) is 11.3 Å². The number of sulfone groups is 1. The van der Waals surface area contributed by atoms with E-state index in [-0.39, 0.29) is 0 Å². The minimum Gasteiger partial charge on any atom is -0.497 e. The highest BCUT2D eigenvalue weighted by atomic mass is 32.2. The number of anilines is 1. The summed E-state index contributed by atoms with van der Waals surface area (Å²) in [5.74, 6) is -1.03. The Kier molecular flexibility index (Phi) is 6.24. The van der Waals surface area contributed by atoms with Crippen molar-refractivity contribution in [2.75, 3.05) is 25.1 Å². The van der Waals surface area contributed by atoms with Crippen LogP contribution in [0.4, 0.5) is 13.9 Å². The molecule has 0 amide bonds. The number of thiazole rings is 1. The van der Waals surface area contributed by atoms with Crippen LogP contribution in [-0.2, 0) is 16.3 Å². The van der Waals surface area contributed by atoms with Crippen LogP contribution < -0.4 is 9.64 Å². The minimum atomic E-state index is -3.85. The van der Waals surface area contributed by atoms with Gasteiger partial charge in [0.15, 0.2) is 15.0 Å². The standard InChI is InChI=1S/C22H22F2N2O3S2/c1-29-18-4-2-3-15(12-18)11-17-14-30-22(25-17)26-9-7-19(8-10-26)31(27,28)21-6-5-16(23)13-20(21)24/h2-6,12-14,19H,7-11H2,1H3. The number of rotatable bonds is 6. The number of hydrogen-bond donors (Lipinski definition) is 0. The first-order chi connectivity index (χ1) is 14.9. The SMILES string of the molecule is COc1cccc(Cc2csc(N3CCC(S(=O)(=O)c4ccc(F)cc4F)CC3)n2)c1. The van der Waals surface area contributed by atoms with E-state index < -0.39 is 31.6 Å². The van der Waals surface area contributed by atoms with Gasteiger partial charge in [0.2, 0.25) is 0 Å². The van der Waals surface area contributed by atoms with E-state index in [1.165, 1.54) is 11.3 Å². The van der Waals surface area contributed by atoms with Gasteiger partial charge in [-0.2, -0.15) is 0 Å². The molecule has 31 heavy (non-hydrogen) atoms. The number of nitrogens with zero attached hydrogens (tertiary/aromatic N) is 2. The van der Waals surface area contributed by atoms with E-state index in [4.69, 9.17) is 9.72 Å². The summed E-state index contributed by atoms with van der Waals surface area (Å²) in [4.78, 5) is 6.34. The number of benzene rings is 2. The van der Waals surface area contributed by atoms with Crippen LogP contribution in [0.2, 0.25) is 0 Å². The van der Waals surface area contributed by atoms with Crippen LogP contribution in [0.1, 0.15) is 24.1 Å². The summed E-state index contributed by atoms with van der Waals surface area (Å²) in [6.07, 6.45) is 1.41. The molecule has 2 heterocycles. The molecule has 0 aliphatic carbocycles. The molecule has 2 aromatic carbocycles. The van der Waals surface area contributed by atoms with Crippen molar-refractivity contribution in [1.82, 2.24) is 4.98 Å². The maximum Gasteiger partial charge on any atom is 0.185 e. The number of methoxy groups -OCH3 is 1. The first-order valence-corrected chi connectivity index (χ1v) is 12.3. The Morgan fingerprint density at radius 3 is 2.65 bits per heavy atom. The van der Waals surface area contributed by atoms with Crippen LogP contribution in [0.3, 0.4) is 0 Å². The molecule has 1 aliphatic rings. The van der Waals surface area contributed by atoms with Gasteiger partial charge in [-0.25, -0.2) is 22.2 Å². The molecule has 0 radical (unpaired) electrons. The van der Waals surface area contributed by atoms with Crippen molar-refractivity contribution in [3.63, 3.8) is 0 Å². The Bertz CT molecular complexity index is 1170. The third-order valence-electron chi connectivity index (χ3n) is 5.41. The molecule has 0 atom stereocenters. The summed E-state index contributed by atoms with van der Waals surface area (Å²) in [6.45, 7) is 1.03. The molecule has 1 saturated heterocycles. The zero-order chi connectivity index (χ0) is 22.0. The van der Waals surface area contributed by atoms with Gasteiger partial charge in [0.1, 0.15) is 22.3 Å². The molecule has 9 heteroatoms. The van der Waals surface area contributed by atoms with Gasteiger partial charge >= 0.3 is 0 Å². The molecule has 5 nitrogen and oxygen atoms in total. The predicted octanol–water partition coefficient (Wildman–Crippen LogP) is 4.46. The number of aromatic nitrogens is 1. The predicted molar refractivity (Wildman–Crippen MR) is 117 cm³/mol. The van der Waals surface area contributed by atoms with Crippen LogP contribution in [0.25, 0.3) is 0 Å². The number of piperidine rings is 1. The summed E-state index contributed by atoms with van der Waals surface area (Å²) in [7, 11) is -2.22. The average Bonchev–Trinajstić information content (AvgIpc) is 3.22. The van der Waals surface area contributed by atoms with Gasteiger partial charge < -0.3 is 9.64 Å². The van der Waals surface area contributed by atoms with E-state index in [2.05, 4.69) is 4.90 Å². The summed E-state index contributed by atoms with van der Waals surface area (Å²) < 4.78 is 58.1. The lowest BCUT2D eigenvalue weighted by Gasteiger charge is -2.31. The zero-order valence-corrected chi connectivity index (χ0v) is 18.6. The molecule has 0 saturated carbocycles. The monoisotopic (exact) mass is 464 g/mol. The quantitative estimate of drug-likeness (QED) is 0.504. The van der Waals surface area contributed by atoms with E-state index in [9.17, 15) is 17.2 Å². The Morgan fingerprint density at radius 1 is 1.16 bits per heavy atom. The summed E-state index contributed by atoms with van der Waals surface area (Å²) in [5, 5.41) is 2.16. The van der Waals surface area contributed by atoms with Crippen molar-refractivity contribution < 1.29 is 21.9 Å². The van der Waals surface area contributed by atoms with Crippen LogP contribution in [0, 0.1) is 11.6 Å². The van der Waals surface area contributed by atoms with Gasteiger partial charge in [0, 0.05) is 31.0 Å². The second-order valence-electron chi connectivity index (χ2n) is 7.46. The van der Waals surface area contributed by atoms with Crippen molar-refractivity contribution in [1.29, 1.82) is 0 Å². The second-order valence-corrected chi connectivity index (χ2v) is 10.5. The molecule has 0 spiro atoms. The van der Waals surface area contributed by atoms with E-state index in [0.29, 0.717) is 38.4 Å². The molecule has 1 aromatic heterocycles. The molecule has 3 aromatic rings. The van der Waals surface area contributed by atoms with Crippen molar-refractivity contribution in [3.05, 3.63) is 70.7 Å². The van der Waals surface area contributed by atoms with Crippen molar-refractivity contribution >= 4 is 26.3 Å². The molecule has 164 valence electrons. The fraction of sp³-hybridized carbons (Fsp3) is 0.318. The summed E-state index contributed by atoms with van der Waals surface area (Å²) in [5.41, 5.74) is 2.04. The molecule has 0 bridgehead atoms. The molecular formula is C22H22F2N2O3S2. The van der Waals surface area contributed by atoms with E-state index >= 15 is 0 Å². The van der Waals surface area contributed by atoms with Gasteiger partial charge in [-0.05, 0) is 42.7 Å². The summed E-state index contributed by atoms with van der Waals surface area (Å²) >= 11 is 1.53. The first kappa shape index (κ1) is 21.7. The van der Waals surface area contributed by atoms with Crippen LogP contribution in [0.5, 0.6) is 5.75 Å². The van der Waals surface area contributed by atoms with E-state index in [0.717, 1.165) is 34.3 Å². The average molecular weight is 465 g/mol. The molecule has 0 unspecified atom stereocenters. The molecule has 0 N–H and O–H groups in total. The lowest BCUT2D eigenvalue weighted by atomic mass is 10.1. The normalized spacial score (nSPS) is 15.3. The smallest absolute Gasteiger partial charge is 0.185 e. The van der Waals surface area contributed by atoms with E-state index in [1.807, 2.05) is 29.6 Å². The third-order valence-corrected chi connectivity index (χ3v) is 8.65. The second kappa shape index (κ2) is 8.92. The lowest BCUT2D eigenvalue weighted by Crippen LogP contribution is -2.39. The lowest BCUT2D eigenvalue weighted by molar-refractivity contribution is 0.414. The molecular weight excluding hydrogens is 442 g/mol. The van der Waals surface area contributed by atoms with Crippen molar-refractivity contribution in [2.24, 2.45) is 0 Å². The number of hydrogen-bond acceptors (Lipinski definition) is 6. The number of halogens is 2. The largest absolute Gasteiger partial charge is 0.497 e. The maximum absolute atomic E-state index is 14.0. The first-order valence-electron chi connectivity index (χ1n) is 9.88. The Hall–Kier alpha value is -2.52. The molecule has 4 rings (SSSR count). The van der Waals surface area contributed by atoms with E-state index in [1.54, 1.807) is 7.11 Å². The number of ether oxygens (including phenoxy) is 1. The summed E-state index contributed by atoms with van der Waals surface area (Å²) in [6, 6.07) is 10.4. The minimum absolute atomic E-state index is 0.365. The highest BCUT2D eigenvalue weighted by Gasteiger charge is 2.33.